The van der Waals surface area contributed by atoms with Crippen molar-refractivity contribution in [2.75, 3.05) is 0 Å². The van der Waals surface area contributed by atoms with Gasteiger partial charge in [-0.3, -0.25) is 0 Å². The van der Waals surface area contributed by atoms with E-state index >= 15 is 0 Å². The third-order valence-electron chi connectivity index (χ3n) is 8.82. The van der Waals surface area contributed by atoms with Gasteiger partial charge in [-0.25, -0.2) is 4.98 Å². The minimum atomic E-state index is 0.627. The fraction of sp³-hybridized carbons (Fsp3) is 0. The van der Waals surface area contributed by atoms with E-state index in [-0.39, 0.29) is 0 Å². The molecule has 0 fully saturated rings. The molecule has 6 aromatic carbocycles. The standard InChI is InChI=1S/C42H25N3O/c43-26-28-13-4-5-14-32(28)29-23-30(37-18-10-17-36(44-37)27-11-2-1-3-12-27)25-31(24-29)45-38-19-8-6-15-33(38)34-21-22-40-41(42(34)45)35-16-7-9-20-39(35)46-40/h1-25H. The molecular formula is C42H25N3O. The molecule has 3 heterocycles. The van der Waals surface area contributed by atoms with Crippen LogP contribution in [-0.2, 0) is 0 Å². The van der Waals surface area contributed by atoms with Gasteiger partial charge in [-0.2, -0.15) is 5.26 Å². The Morgan fingerprint density at radius 3 is 2.13 bits per heavy atom. The predicted octanol–water partition coefficient (Wildman–Crippen LogP) is 11.0. The highest BCUT2D eigenvalue weighted by atomic mass is 16.3. The number of para-hydroxylation sites is 2. The summed E-state index contributed by atoms with van der Waals surface area (Å²) in [5.74, 6) is 0. The minimum absolute atomic E-state index is 0.627. The van der Waals surface area contributed by atoms with Crippen LogP contribution < -0.4 is 0 Å². The summed E-state index contributed by atoms with van der Waals surface area (Å²) in [7, 11) is 0. The Labute approximate surface area is 265 Å². The first kappa shape index (κ1) is 26.0. The van der Waals surface area contributed by atoms with Gasteiger partial charge in [-0.05, 0) is 71.8 Å². The highest BCUT2D eigenvalue weighted by molar-refractivity contribution is 6.24. The average Bonchev–Trinajstić information content (AvgIpc) is 3.67. The van der Waals surface area contributed by atoms with Crippen LogP contribution in [0.15, 0.2) is 156 Å². The van der Waals surface area contributed by atoms with Gasteiger partial charge in [-0.15, -0.1) is 0 Å². The van der Waals surface area contributed by atoms with Gasteiger partial charge in [0, 0.05) is 33.0 Å². The van der Waals surface area contributed by atoms with Crippen molar-refractivity contribution in [3.63, 3.8) is 0 Å². The third-order valence-corrected chi connectivity index (χ3v) is 8.82. The van der Waals surface area contributed by atoms with E-state index in [0.29, 0.717) is 5.56 Å². The lowest BCUT2D eigenvalue weighted by molar-refractivity contribution is 0.669. The molecule has 0 saturated heterocycles. The number of rotatable bonds is 4. The summed E-state index contributed by atoms with van der Waals surface area (Å²) in [5.41, 5.74) is 11.1. The van der Waals surface area contributed by atoms with E-state index in [1.807, 2.05) is 60.7 Å². The molecule has 0 radical (unpaired) electrons. The fourth-order valence-corrected chi connectivity index (χ4v) is 6.77. The summed E-state index contributed by atoms with van der Waals surface area (Å²) in [4.78, 5) is 5.13. The average molecular weight is 588 g/mol. The number of hydrogen-bond acceptors (Lipinski definition) is 3. The van der Waals surface area contributed by atoms with Gasteiger partial charge in [0.1, 0.15) is 11.2 Å². The molecule has 9 aromatic rings. The third kappa shape index (κ3) is 4.03. The van der Waals surface area contributed by atoms with Crippen LogP contribution >= 0.6 is 0 Å². The molecule has 9 rings (SSSR count). The molecule has 3 aromatic heterocycles. The summed E-state index contributed by atoms with van der Waals surface area (Å²) in [6.45, 7) is 0. The summed E-state index contributed by atoms with van der Waals surface area (Å²) in [5, 5.41) is 14.6. The lowest BCUT2D eigenvalue weighted by atomic mass is 9.96. The first-order chi connectivity index (χ1) is 22.8. The van der Waals surface area contributed by atoms with Gasteiger partial charge in [-0.1, -0.05) is 91.0 Å². The van der Waals surface area contributed by atoms with E-state index in [2.05, 4.69) is 102 Å². The Morgan fingerprint density at radius 2 is 1.26 bits per heavy atom. The van der Waals surface area contributed by atoms with Crippen LogP contribution in [0, 0.1) is 11.3 Å². The van der Waals surface area contributed by atoms with Crippen molar-refractivity contribution in [2.45, 2.75) is 0 Å². The van der Waals surface area contributed by atoms with Gasteiger partial charge in [0.05, 0.1) is 39.4 Å². The Balaban J connectivity index is 1.39. The second-order valence-corrected chi connectivity index (χ2v) is 11.5. The van der Waals surface area contributed by atoms with Crippen molar-refractivity contribution in [1.29, 1.82) is 5.26 Å². The Bertz CT molecular complexity index is 2660. The number of nitriles is 1. The summed E-state index contributed by atoms with van der Waals surface area (Å²) >= 11 is 0. The van der Waals surface area contributed by atoms with Gasteiger partial charge in [0.15, 0.2) is 0 Å². The van der Waals surface area contributed by atoms with E-state index in [4.69, 9.17) is 9.40 Å². The molecule has 4 heteroatoms. The molecule has 4 nitrogen and oxygen atoms in total. The van der Waals surface area contributed by atoms with E-state index in [1.54, 1.807) is 0 Å². The first-order valence-corrected chi connectivity index (χ1v) is 15.3. The SMILES string of the molecule is N#Cc1ccccc1-c1cc(-c2cccc(-c3ccccc3)n2)cc(-n2c3ccccc3c3ccc4oc5ccccc5c4c32)c1. The van der Waals surface area contributed by atoms with Gasteiger partial charge in [0.25, 0.3) is 0 Å². The van der Waals surface area contributed by atoms with Crippen molar-refractivity contribution >= 4 is 43.7 Å². The largest absolute Gasteiger partial charge is 0.456 e. The molecule has 0 aliphatic heterocycles. The highest BCUT2D eigenvalue weighted by Crippen LogP contribution is 2.42. The van der Waals surface area contributed by atoms with E-state index in [1.165, 1.54) is 5.39 Å². The Kier molecular flexibility index (Phi) is 5.84. The van der Waals surface area contributed by atoms with E-state index in [9.17, 15) is 5.26 Å². The first-order valence-electron chi connectivity index (χ1n) is 15.3. The van der Waals surface area contributed by atoms with E-state index < -0.39 is 0 Å². The van der Waals surface area contributed by atoms with Gasteiger partial charge >= 0.3 is 0 Å². The molecule has 0 spiro atoms. The number of pyridine rings is 1. The van der Waals surface area contributed by atoms with Crippen LogP contribution in [-0.4, -0.2) is 9.55 Å². The van der Waals surface area contributed by atoms with Crippen molar-refractivity contribution in [3.05, 3.63) is 157 Å². The minimum Gasteiger partial charge on any atom is -0.456 e. The molecular weight excluding hydrogens is 562 g/mol. The summed E-state index contributed by atoms with van der Waals surface area (Å²) in [6, 6.07) is 54.1. The molecule has 0 aliphatic rings. The normalized spacial score (nSPS) is 11.5. The van der Waals surface area contributed by atoms with Gasteiger partial charge in [0.2, 0.25) is 0 Å². The van der Waals surface area contributed by atoms with Crippen LogP contribution in [0.3, 0.4) is 0 Å². The number of furan rings is 1. The topological polar surface area (TPSA) is 54.8 Å². The zero-order valence-electron chi connectivity index (χ0n) is 24.7. The number of benzene rings is 6. The summed E-state index contributed by atoms with van der Waals surface area (Å²) < 4.78 is 8.70. The zero-order valence-corrected chi connectivity index (χ0v) is 24.7. The number of aromatic nitrogens is 2. The van der Waals surface area contributed by atoms with Crippen molar-refractivity contribution in [1.82, 2.24) is 9.55 Å². The number of nitrogens with zero attached hydrogens (tertiary/aromatic N) is 3. The second kappa shape index (κ2) is 10.3. The van der Waals surface area contributed by atoms with Crippen LogP contribution in [0.1, 0.15) is 5.56 Å². The molecule has 0 aliphatic carbocycles. The smallest absolute Gasteiger partial charge is 0.137 e. The fourth-order valence-electron chi connectivity index (χ4n) is 6.77. The lowest BCUT2D eigenvalue weighted by Crippen LogP contribution is -1.98. The molecule has 0 amide bonds. The zero-order chi connectivity index (χ0) is 30.6. The Morgan fingerprint density at radius 1 is 0.543 bits per heavy atom. The molecule has 0 unspecified atom stereocenters. The Hall–Kier alpha value is -6.44. The monoisotopic (exact) mass is 587 g/mol. The molecule has 0 N–H and O–H groups in total. The maximum Gasteiger partial charge on any atom is 0.137 e. The molecule has 0 saturated carbocycles. The second-order valence-electron chi connectivity index (χ2n) is 11.5. The van der Waals surface area contributed by atoms with Crippen molar-refractivity contribution < 1.29 is 4.42 Å². The van der Waals surface area contributed by atoms with Crippen LogP contribution in [0.4, 0.5) is 0 Å². The quantitative estimate of drug-likeness (QED) is 0.206. The van der Waals surface area contributed by atoms with E-state index in [0.717, 1.165) is 77.7 Å². The van der Waals surface area contributed by atoms with Gasteiger partial charge < -0.3 is 8.98 Å². The van der Waals surface area contributed by atoms with Crippen molar-refractivity contribution in [3.8, 4) is 45.4 Å². The maximum atomic E-state index is 10.1. The number of fused-ring (bicyclic) bond motifs is 7. The van der Waals surface area contributed by atoms with Crippen LogP contribution in [0.5, 0.6) is 0 Å². The molecule has 0 atom stereocenters. The maximum absolute atomic E-state index is 10.1. The number of hydrogen-bond donors (Lipinski definition) is 0. The predicted molar refractivity (Wildman–Crippen MR) is 187 cm³/mol. The highest BCUT2D eigenvalue weighted by Gasteiger charge is 2.20. The molecule has 0 bridgehead atoms. The lowest BCUT2D eigenvalue weighted by Gasteiger charge is -2.15. The van der Waals surface area contributed by atoms with Crippen LogP contribution in [0.25, 0.3) is 83.1 Å². The van der Waals surface area contributed by atoms with Crippen LogP contribution in [0.2, 0.25) is 0 Å². The molecule has 46 heavy (non-hydrogen) atoms. The molecule has 214 valence electrons. The van der Waals surface area contributed by atoms with Crippen molar-refractivity contribution in [2.24, 2.45) is 0 Å². The summed E-state index contributed by atoms with van der Waals surface area (Å²) in [6.07, 6.45) is 0.